The molecule has 10 heteroatoms. The highest BCUT2D eigenvalue weighted by atomic mass is 35.5. The molecule has 1 aliphatic rings. The number of nitrogens with zero attached hydrogens (tertiary/aromatic N) is 4. The number of rotatable bonds is 6. The molecule has 188 valence electrons. The molecular formula is C26H29ClFN5O2Si. The van der Waals surface area contributed by atoms with Crippen molar-refractivity contribution < 1.29 is 13.6 Å². The highest BCUT2D eigenvalue weighted by Gasteiger charge is 2.51. The number of benzene rings is 2. The maximum Gasteiger partial charge on any atom is 0.261 e. The van der Waals surface area contributed by atoms with Crippen LogP contribution in [0.5, 0.6) is 0 Å². The van der Waals surface area contributed by atoms with Gasteiger partial charge in [-0.1, -0.05) is 81.4 Å². The van der Waals surface area contributed by atoms with E-state index in [1.54, 1.807) is 0 Å². The summed E-state index contributed by atoms with van der Waals surface area (Å²) in [5, 5.41) is 2.12. The molecule has 0 bridgehead atoms. The predicted molar refractivity (Wildman–Crippen MR) is 142 cm³/mol. The van der Waals surface area contributed by atoms with E-state index in [1.165, 1.54) is 10.9 Å². The second-order valence-corrected chi connectivity index (χ2v) is 14.7. The Morgan fingerprint density at radius 3 is 2.28 bits per heavy atom. The highest BCUT2D eigenvalue weighted by Crippen LogP contribution is 2.39. The molecule has 1 saturated heterocycles. The van der Waals surface area contributed by atoms with Crippen molar-refractivity contribution in [3.05, 3.63) is 72.3 Å². The van der Waals surface area contributed by atoms with E-state index < -0.39 is 26.8 Å². The third-order valence-electron chi connectivity index (χ3n) is 6.73. The van der Waals surface area contributed by atoms with Crippen molar-refractivity contribution in [2.24, 2.45) is 0 Å². The van der Waals surface area contributed by atoms with Crippen molar-refractivity contribution in [2.75, 3.05) is 12.3 Å². The highest BCUT2D eigenvalue weighted by molar-refractivity contribution is 6.99. The van der Waals surface area contributed by atoms with Crippen LogP contribution < -0.4 is 16.1 Å². The number of halogens is 2. The summed E-state index contributed by atoms with van der Waals surface area (Å²) in [6, 6.07) is 20.7. The number of alkyl halides is 1. The normalized spacial score (nSPS) is 20.8. The maximum absolute atomic E-state index is 15.3. The Morgan fingerprint density at radius 2 is 1.69 bits per heavy atom. The summed E-state index contributed by atoms with van der Waals surface area (Å²) in [5.41, 5.74) is 6.62. The van der Waals surface area contributed by atoms with Crippen LogP contribution in [0, 0.1) is 0 Å². The summed E-state index contributed by atoms with van der Waals surface area (Å²) in [7, 11) is -2.76. The van der Waals surface area contributed by atoms with E-state index in [4.69, 9.17) is 26.5 Å². The van der Waals surface area contributed by atoms with E-state index in [9.17, 15) is 0 Å². The van der Waals surface area contributed by atoms with Gasteiger partial charge in [0.1, 0.15) is 11.7 Å². The fourth-order valence-corrected chi connectivity index (χ4v) is 9.89. The summed E-state index contributed by atoms with van der Waals surface area (Å²) in [6.07, 6.45) is -0.970. The molecule has 4 aromatic rings. The van der Waals surface area contributed by atoms with Gasteiger partial charge in [-0.25, -0.2) is 9.37 Å². The standard InChI is InChI=1S/C26H29ClFN5O2Si/c1-26(2,3)36(18-10-6-4-7-11-18,19-12-8-5-9-13-19)34-15-17-14-20(28)24(35-17)33-16-30-21-22(29)31-25(27)32-23(21)33/h4-13,16-17,20,24H,14-15H2,1-3H3,(H2,29,31,32)/t17?,20-,24+/m0/s1. The minimum Gasteiger partial charge on any atom is -0.405 e. The van der Waals surface area contributed by atoms with Gasteiger partial charge < -0.3 is 14.9 Å². The summed E-state index contributed by atoms with van der Waals surface area (Å²) < 4.78 is 30.0. The van der Waals surface area contributed by atoms with Gasteiger partial charge in [-0.05, 0) is 27.0 Å². The molecule has 0 saturated carbocycles. The van der Waals surface area contributed by atoms with Crippen molar-refractivity contribution in [2.45, 2.75) is 50.7 Å². The zero-order valence-electron chi connectivity index (χ0n) is 20.4. The molecule has 36 heavy (non-hydrogen) atoms. The molecular weight excluding hydrogens is 497 g/mol. The van der Waals surface area contributed by atoms with Gasteiger partial charge >= 0.3 is 0 Å². The Kier molecular flexibility index (Phi) is 6.59. The third kappa shape index (κ3) is 4.30. The second-order valence-electron chi connectivity index (χ2n) is 10.1. The van der Waals surface area contributed by atoms with E-state index in [0.29, 0.717) is 11.2 Å². The lowest BCUT2D eigenvalue weighted by Crippen LogP contribution is -2.67. The molecule has 0 spiro atoms. The minimum atomic E-state index is -2.76. The van der Waals surface area contributed by atoms with Crippen LogP contribution in [0.3, 0.4) is 0 Å². The Labute approximate surface area is 215 Å². The van der Waals surface area contributed by atoms with Crippen molar-refractivity contribution in [3.8, 4) is 0 Å². The Bertz CT molecular complexity index is 1310. The lowest BCUT2D eigenvalue weighted by atomic mass is 10.2. The molecule has 7 nitrogen and oxygen atoms in total. The molecule has 1 fully saturated rings. The van der Waals surface area contributed by atoms with E-state index in [-0.39, 0.29) is 29.2 Å². The Hall–Kier alpha value is -2.85. The average molecular weight is 526 g/mol. The first-order chi connectivity index (χ1) is 17.2. The summed E-state index contributed by atoms with van der Waals surface area (Å²) >= 11 is 5.99. The second kappa shape index (κ2) is 9.55. The largest absolute Gasteiger partial charge is 0.405 e. The molecule has 3 atom stereocenters. The van der Waals surface area contributed by atoms with Crippen molar-refractivity contribution in [3.63, 3.8) is 0 Å². The smallest absolute Gasteiger partial charge is 0.261 e. The number of anilines is 1. The van der Waals surface area contributed by atoms with Gasteiger partial charge in [0.25, 0.3) is 8.32 Å². The fraction of sp³-hybridized carbons (Fsp3) is 0.346. The molecule has 2 aromatic carbocycles. The van der Waals surface area contributed by atoms with Gasteiger partial charge in [-0.3, -0.25) is 4.57 Å². The lowest BCUT2D eigenvalue weighted by molar-refractivity contribution is -0.0326. The number of nitrogens with two attached hydrogens (primary N) is 1. The number of aromatic nitrogens is 4. The molecule has 0 aliphatic carbocycles. The van der Waals surface area contributed by atoms with Crippen molar-refractivity contribution >= 4 is 47.3 Å². The number of imidazole rings is 1. The zero-order valence-corrected chi connectivity index (χ0v) is 22.2. The van der Waals surface area contributed by atoms with Crippen molar-refractivity contribution in [1.82, 2.24) is 19.5 Å². The van der Waals surface area contributed by atoms with Gasteiger partial charge in [0.15, 0.2) is 17.7 Å². The number of hydrogen-bond acceptors (Lipinski definition) is 6. The first kappa shape index (κ1) is 24.8. The van der Waals surface area contributed by atoms with Gasteiger partial charge in [0.2, 0.25) is 5.28 Å². The van der Waals surface area contributed by atoms with Gasteiger partial charge in [0, 0.05) is 6.42 Å². The Morgan fingerprint density at radius 1 is 1.08 bits per heavy atom. The zero-order chi connectivity index (χ0) is 25.5. The molecule has 5 rings (SSSR count). The molecule has 2 N–H and O–H groups in total. The van der Waals surface area contributed by atoms with Gasteiger partial charge in [-0.15, -0.1) is 0 Å². The number of fused-ring (bicyclic) bond motifs is 1. The van der Waals surface area contributed by atoms with Crippen LogP contribution in [-0.4, -0.2) is 46.7 Å². The fourth-order valence-electron chi connectivity index (χ4n) is 5.13. The van der Waals surface area contributed by atoms with E-state index in [1.807, 2.05) is 36.4 Å². The van der Waals surface area contributed by atoms with E-state index >= 15 is 4.39 Å². The molecule has 1 unspecified atom stereocenters. The lowest BCUT2D eigenvalue weighted by Gasteiger charge is -2.43. The van der Waals surface area contributed by atoms with Crippen LogP contribution in [0.1, 0.15) is 33.4 Å². The summed E-state index contributed by atoms with van der Waals surface area (Å²) in [6.45, 7) is 6.89. The summed E-state index contributed by atoms with van der Waals surface area (Å²) in [5.74, 6) is 0.142. The molecule has 3 heterocycles. The average Bonchev–Trinajstić information content (AvgIpc) is 3.43. The first-order valence-electron chi connectivity index (χ1n) is 11.9. The molecule has 0 radical (unpaired) electrons. The topological polar surface area (TPSA) is 88.1 Å². The quantitative estimate of drug-likeness (QED) is 0.299. The van der Waals surface area contributed by atoms with Crippen LogP contribution in [0.15, 0.2) is 67.0 Å². The van der Waals surface area contributed by atoms with Crippen molar-refractivity contribution in [1.29, 1.82) is 0 Å². The van der Waals surface area contributed by atoms with E-state index in [0.717, 1.165) is 10.4 Å². The minimum absolute atomic E-state index is 0.0262. The van der Waals surface area contributed by atoms with Gasteiger partial charge in [-0.2, -0.15) is 9.97 Å². The molecule has 0 amide bonds. The summed E-state index contributed by atoms with van der Waals surface area (Å²) in [4.78, 5) is 12.4. The van der Waals surface area contributed by atoms with Crippen LogP contribution in [0.25, 0.3) is 11.2 Å². The van der Waals surface area contributed by atoms with Crippen LogP contribution in [-0.2, 0) is 9.16 Å². The number of hydrogen-bond donors (Lipinski definition) is 1. The predicted octanol–water partition coefficient (Wildman–Crippen LogP) is 4.26. The first-order valence-corrected chi connectivity index (χ1v) is 14.2. The molecule has 2 aromatic heterocycles. The van der Waals surface area contributed by atoms with E-state index in [2.05, 4.69) is 60.0 Å². The van der Waals surface area contributed by atoms with Crippen LogP contribution in [0.4, 0.5) is 10.2 Å². The Balaban J connectivity index is 1.45. The molecule has 1 aliphatic heterocycles. The van der Waals surface area contributed by atoms with Crippen LogP contribution in [0.2, 0.25) is 10.3 Å². The monoisotopic (exact) mass is 525 g/mol. The number of ether oxygens (including phenoxy) is 1. The van der Waals surface area contributed by atoms with Crippen LogP contribution >= 0.6 is 11.6 Å². The number of nitrogen functional groups attached to an aromatic ring is 1. The maximum atomic E-state index is 15.3. The van der Waals surface area contributed by atoms with Gasteiger partial charge in [0.05, 0.1) is 19.0 Å². The SMILES string of the molecule is CC(C)(C)[Si](OCC1C[C@H](F)[C@H](n2cnc3c(N)nc(Cl)nc32)O1)(c1ccccc1)c1ccccc1. The third-order valence-corrected chi connectivity index (χ3v) is 11.9.